The molecule has 0 unspecified atom stereocenters. The molecule has 0 fully saturated rings. The zero-order chi connectivity index (χ0) is 18.4. The Balaban J connectivity index is 2.09. The van der Waals surface area contributed by atoms with Crippen molar-refractivity contribution < 1.29 is 14.3 Å². The number of benzene rings is 1. The number of likely N-dealkylation sites (N-methyl/N-ethyl adjacent to an activating group) is 1. The van der Waals surface area contributed by atoms with Crippen LogP contribution in [0.5, 0.6) is 0 Å². The van der Waals surface area contributed by atoms with Gasteiger partial charge in [-0.05, 0) is 38.7 Å². The zero-order valence-corrected chi connectivity index (χ0v) is 14.9. The Hall–Kier alpha value is -2.73. The maximum atomic E-state index is 12.4. The average molecular weight is 341 g/mol. The lowest BCUT2D eigenvalue weighted by atomic mass is 10.0. The van der Waals surface area contributed by atoms with Gasteiger partial charge in [-0.15, -0.1) is 0 Å². The third-order valence-corrected chi connectivity index (χ3v) is 3.92. The van der Waals surface area contributed by atoms with Crippen molar-refractivity contribution in [1.82, 2.24) is 15.2 Å². The SMILES string of the molecule is COC(=O)c1cccc(C(=O)NC[C@@H](c2ccc(C)cc2)N(C)C)n1. The number of amides is 1. The molecule has 1 aromatic heterocycles. The second kappa shape index (κ2) is 8.39. The molecule has 0 spiro atoms. The van der Waals surface area contributed by atoms with Gasteiger partial charge in [-0.1, -0.05) is 35.9 Å². The molecule has 0 saturated carbocycles. The first-order valence-electron chi connectivity index (χ1n) is 7.99. The summed E-state index contributed by atoms with van der Waals surface area (Å²) in [7, 11) is 5.21. The van der Waals surface area contributed by atoms with Crippen LogP contribution in [-0.2, 0) is 4.74 Å². The Morgan fingerprint density at radius 1 is 1.12 bits per heavy atom. The number of aryl methyl sites for hydroxylation is 1. The Bertz CT molecular complexity index is 742. The summed E-state index contributed by atoms with van der Waals surface area (Å²) in [5.41, 5.74) is 2.60. The molecule has 1 amide bonds. The number of methoxy groups -OCH3 is 1. The number of esters is 1. The van der Waals surface area contributed by atoms with Crippen LogP contribution in [0.4, 0.5) is 0 Å². The van der Waals surface area contributed by atoms with Gasteiger partial charge in [0.25, 0.3) is 5.91 Å². The molecule has 0 aliphatic rings. The largest absolute Gasteiger partial charge is 0.464 e. The monoisotopic (exact) mass is 341 g/mol. The molecule has 0 bridgehead atoms. The van der Waals surface area contributed by atoms with Gasteiger partial charge in [-0.2, -0.15) is 0 Å². The van der Waals surface area contributed by atoms with E-state index in [1.54, 1.807) is 12.1 Å². The van der Waals surface area contributed by atoms with Gasteiger partial charge in [0.1, 0.15) is 11.4 Å². The van der Waals surface area contributed by atoms with Crippen molar-refractivity contribution in [1.29, 1.82) is 0 Å². The van der Waals surface area contributed by atoms with E-state index in [-0.39, 0.29) is 23.3 Å². The van der Waals surface area contributed by atoms with Gasteiger partial charge in [0, 0.05) is 6.54 Å². The summed E-state index contributed by atoms with van der Waals surface area (Å²) in [6.45, 7) is 2.47. The van der Waals surface area contributed by atoms with Crippen LogP contribution in [0.2, 0.25) is 0 Å². The van der Waals surface area contributed by atoms with E-state index < -0.39 is 5.97 Å². The number of ether oxygens (including phenoxy) is 1. The van der Waals surface area contributed by atoms with Crippen molar-refractivity contribution in [3.8, 4) is 0 Å². The number of aromatic nitrogens is 1. The van der Waals surface area contributed by atoms with E-state index in [0.717, 1.165) is 5.56 Å². The van der Waals surface area contributed by atoms with E-state index in [1.165, 1.54) is 18.7 Å². The second-order valence-corrected chi connectivity index (χ2v) is 6.00. The number of nitrogens with zero attached hydrogens (tertiary/aromatic N) is 2. The molecular weight excluding hydrogens is 318 g/mol. The third kappa shape index (κ3) is 4.87. The number of carbonyl (C=O) groups is 2. The molecule has 1 N–H and O–H groups in total. The highest BCUT2D eigenvalue weighted by molar-refractivity contribution is 5.94. The van der Waals surface area contributed by atoms with E-state index in [0.29, 0.717) is 6.54 Å². The van der Waals surface area contributed by atoms with Gasteiger partial charge in [0.2, 0.25) is 0 Å². The Kier molecular flexibility index (Phi) is 6.25. The number of carbonyl (C=O) groups excluding carboxylic acids is 2. The summed E-state index contributed by atoms with van der Waals surface area (Å²) in [5, 5.41) is 2.88. The molecule has 0 saturated heterocycles. The highest BCUT2D eigenvalue weighted by atomic mass is 16.5. The molecule has 6 nitrogen and oxygen atoms in total. The van der Waals surface area contributed by atoms with Crippen LogP contribution in [0, 0.1) is 6.92 Å². The van der Waals surface area contributed by atoms with Crippen LogP contribution in [0.25, 0.3) is 0 Å². The van der Waals surface area contributed by atoms with Crippen molar-refractivity contribution in [3.05, 3.63) is 65.0 Å². The molecule has 1 atom stereocenters. The number of rotatable bonds is 6. The van der Waals surface area contributed by atoms with Gasteiger partial charge < -0.3 is 15.0 Å². The third-order valence-electron chi connectivity index (χ3n) is 3.92. The van der Waals surface area contributed by atoms with Crippen LogP contribution >= 0.6 is 0 Å². The van der Waals surface area contributed by atoms with Crippen LogP contribution in [-0.4, -0.2) is 49.5 Å². The smallest absolute Gasteiger partial charge is 0.356 e. The molecule has 0 radical (unpaired) electrons. The number of hydrogen-bond acceptors (Lipinski definition) is 5. The summed E-state index contributed by atoms with van der Waals surface area (Å²) in [5.74, 6) is -0.898. The minimum atomic E-state index is -0.569. The van der Waals surface area contributed by atoms with Crippen LogP contribution in [0.15, 0.2) is 42.5 Å². The van der Waals surface area contributed by atoms with E-state index in [1.807, 2.05) is 25.9 Å². The Labute approximate surface area is 147 Å². The highest BCUT2D eigenvalue weighted by Crippen LogP contribution is 2.18. The first-order valence-corrected chi connectivity index (χ1v) is 7.99. The van der Waals surface area contributed by atoms with Crippen molar-refractivity contribution >= 4 is 11.9 Å². The molecule has 25 heavy (non-hydrogen) atoms. The van der Waals surface area contributed by atoms with E-state index in [2.05, 4.69) is 39.3 Å². The van der Waals surface area contributed by atoms with Crippen molar-refractivity contribution in [2.45, 2.75) is 13.0 Å². The fourth-order valence-electron chi connectivity index (χ4n) is 2.45. The quantitative estimate of drug-likeness (QED) is 0.816. The maximum Gasteiger partial charge on any atom is 0.356 e. The second-order valence-electron chi connectivity index (χ2n) is 6.00. The lowest BCUT2D eigenvalue weighted by molar-refractivity contribution is 0.0594. The lowest BCUT2D eigenvalue weighted by Crippen LogP contribution is -2.35. The molecule has 0 aliphatic carbocycles. The van der Waals surface area contributed by atoms with Crippen molar-refractivity contribution in [3.63, 3.8) is 0 Å². The van der Waals surface area contributed by atoms with Crippen LogP contribution < -0.4 is 5.32 Å². The van der Waals surface area contributed by atoms with Crippen molar-refractivity contribution in [2.24, 2.45) is 0 Å². The van der Waals surface area contributed by atoms with Gasteiger partial charge in [-0.3, -0.25) is 4.79 Å². The average Bonchev–Trinajstić information content (AvgIpc) is 2.62. The summed E-state index contributed by atoms with van der Waals surface area (Å²) in [4.78, 5) is 30.0. The first kappa shape index (κ1) is 18.6. The van der Waals surface area contributed by atoms with Gasteiger partial charge in [0.15, 0.2) is 0 Å². The van der Waals surface area contributed by atoms with E-state index in [4.69, 9.17) is 0 Å². The van der Waals surface area contributed by atoms with Crippen molar-refractivity contribution in [2.75, 3.05) is 27.7 Å². The normalized spacial score (nSPS) is 11.9. The molecule has 6 heteroatoms. The Morgan fingerprint density at radius 2 is 1.76 bits per heavy atom. The molecule has 132 valence electrons. The standard InChI is InChI=1S/C19H23N3O3/c1-13-8-10-14(11-9-13)17(22(2)3)12-20-18(23)15-6-5-7-16(21-15)19(24)25-4/h5-11,17H,12H2,1-4H3,(H,20,23)/t17-/m0/s1. The van der Waals surface area contributed by atoms with Gasteiger partial charge >= 0.3 is 5.97 Å². The maximum absolute atomic E-state index is 12.4. The fraction of sp³-hybridized carbons (Fsp3) is 0.316. The van der Waals surface area contributed by atoms with Gasteiger partial charge in [0.05, 0.1) is 13.2 Å². The zero-order valence-electron chi connectivity index (χ0n) is 14.9. The predicted octanol–water partition coefficient (Wildman–Crippen LogP) is 2.21. The molecule has 0 aliphatic heterocycles. The number of nitrogens with one attached hydrogen (secondary N) is 1. The lowest BCUT2D eigenvalue weighted by Gasteiger charge is -2.25. The molecular formula is C19H23N3O3. The van der Waals surface area contributed by atoms with E-state index in [9.17, 15) is 9.59 Å². The molecule has 2 aromatic rings. The summed E-state index contributed by atoms with van der Waals surface area (Å²) >= 11 is 0. The molecule has 1 aromatic carbocycles. The summed E-state index contributed by atoms with van der Waals surface area (Å²) in [6.07, 6.45) is 0. The number of hydrogen-bond donors (Lipinski definition) is 1. The van der Waals surface area contributed by atoms with Gasteiger partial charge in [-0.25, -0.2) is 9.78 Å². The Morgan fingerprint density at radius 3 is 2.36 bits per heavy atom. The minimum absolute atomic E-state index is 0.0355. The predicted molar refractivity (Wildman–Crippen MR) is 95.5 cm³/mol. The number of pyridine rings is 1. The van der Waals surface area contributed by atoms with Crippen LogP contribution in [0.3, 0.4) is 0 Å². The topological polar surface area (TPSA) is 71.5 Å². The highest BCUT2D eigenvalue weighted by Gasteiger charge is 2.17. The van der Waals surface area contributed by atoms with Crippen LogP contribution in [0.1, 0.15) is 38.1 Å². The molecule has 1 heterocycles. The van der Waals surface area contributed by atoms with E-state index >= 15 is 0 Å². The summed E-state index contributed by atoms with van der Waals surface area (Å²) < 4.78 is 4.63. The minimum Gasteiger partial charge on any atom is -0.464 e. The summed E-state index contributed by atoms with van der Waals surface area (Å²) in [6, 6.07) is 12.9. The molecule has 2 rings (SSSR count). The fourth-order valence-corrected chi connectivity index (χ4v) is 2.45. The first-order chi connectivity index (χ1) is 11.9.